The molecule has 4 heteroatoms. The molecule has 0 amide bonds. The molecule has 0 saturated heterocycles. The molecule has 2 rings (SSSR count). The van der Waals surface area contributed by atoms with Crippen LogP contribution in [0.4, 0.5) is 8.78 Å². The van der Waals surface area contributed by atoms with Crippen LogP contribution in [-0.4, -0.2) is 7.05 Å². The molecule has 0 saturated carbocycles. The zero-order valence-corrected chi connectivity index (χ0v) is 11.9. The summed E-state index contributed by atoms with van der Waals surface area (Å²) in [4.78, 5) is 2.59. The third kappa shape index (κ3) is 3.39. The molecule has 0 radical (unpaired) electrons. The zero-order chi connectivity index (χ0) is 13.8. The zero-order valence-electron chi connectivity index (χ0n) is 11.0. The molecular weight excluding hydrogens is 264 g/mol. The Morgan fingerprint density at radius 3 is 2.42 bits per heavy atom. The van der Waals surface area contributed by atoms with Gasteiger partial charge in [-0.3, -0.25) is 0 Å². The van der Waals surface area contributed by atoms with Crippen LogP contribution < -0.4 is 5.32 Å². The van der Waals surface area contributed by atoms with Crippen LogP contribution in [0.15, 0.2) is 30.3 Å². The van der Waals surface area contributed by atoms with Crippen LogP contribution in [0.1, 0.15) is 28.3 Å². The molecule has 1 aromatic heterocycles. The maximum Gasteiger partial charge on any atom is 0.159 e. The van der Waals surface area contributed by atoms with Gasteiger partial charge >= 0.3 is 0 Å². The van der Waals surface area contributed by atoms with Gasteiger partial charge in [-0.15, -0.1) is 11.3 Å². The van der Waals surface area contributed by atoms with E-state index >= 15 is 0 Å². The average molecular weight is 281 g/mol. The number of aryl methyl sites for hydroxylation is 1. The van der Waals surface area contributed by atoms with Gasteiger partial charge in [0.25, 0.3) is 0 Å². The first kappa shape index (κ1) is 14.2. The predicted molar refractivity (Wildman–Crippen MR) is 75.6 cm³/mol. The van der Waals surface area contributed by atoms with Crippen molar-refractivity contribution in [2.24, 2.45) is 0 Å². The number of benzene rings is 1. The molecule has 0 fully saturated rings. The molecule has 0 bridgehead atoms. The second kappa shape index (κ2) is 6.26. The molecule has 1 nitrogen and oxygen atoms in total. The van der Waals surface area contributed by atoms with Crippen LogP contribution in [0.25, 0.3) is 0 Å². The lowest BCUT2D eigenvalue weighted by Crippen LogP contribution is -2.18. The quantitative estimate of drug-likeness (QED) is 0.870. The Bertz CT molecular complexity index is 551. The number of likely N-dealkylation sites (N-methyl/N-ethyl adjacent to an activating group) is 1. The molecule has 1 aromatic carbocycles. The summed E-state index contributed by atoms with van der Waals surface area (Å²) in [5, 5.41) is 3.16. The Morgan fingerprint density at radius 1 is 1.11 bits per heavy atom. The Morgan fingerprint density at radius 2 is 1.84 bits per heavy atom. The smallest absolute Gasteiger partial charge is 0.159 e. The molecule has 19 heavy (non-hydrogen) atoms. The van der Waals surface area contributed by atoms with Crippen LogP contribution in [-0.2, 0) is 12.8 Å². The van der Waals surface area contributed by atoms with Crippen molar-refractivity contribution in [2.45, 2.75) is 25.8 Å². The van der Waals surface area contributed by atoms with Crippen molar-refractivity contribution < 1.29 is 8.78 Å². The molecule has 2 aromatic rings. The van der Waals surface area contributed by atoms with Gasteiger partial charge in [0.15, 0.2) is 11.6 Å². The summed E-state index contributed by atoms with van der Waals surface area (Å²) in [5.74, 6) is -1.60. The van der Waals surface area contributed by atoms with Gasteiger partial charge in [-0.25, -0.2) is 8.78 Å². The number of nitrogens with one attached hydrogen (secondary N) is 1. The lowest BCUT2D eigenvalue weighted by molar-refractivity contribution is 0.501. The maximum absolute atomic E-state index is 13.3. The van der Waals surface area contributed by atoms with E-state index in [1.165, 1.54) is 21.9 Å². The molecular formula is C15H17F2NS. The number of thiophene rings is 1. The summed E-state index contributed by atoms with van der Waals surface area (Å²) in [7, 11) is 1.83. The first-order chi connectivity index (χ1) is 9.13. The minimum atomic E-state index is -0.803. The van der Waals surface area contributed by atoms with Crippen LogP contribution in [0, 0.1) is 11.6 Å². The van der Waals surface area contributed by atoms with Crippen molar-refractivity contribution in [3.8, 4) is 0 Å². The SMILES string of the molecule is CCc1ccc(CC(NC)c2ccc(F)c(F)c2)s1. The molecule has 102 valence electrons. The average Bonchev–Trinajstić information content (AvgIpc) is 2.87. The lowest BCUT2D eigenvalue weighted by Gasteiger charge is -2.16. The number of hydrogen-bond acceptors (Lipinski definition) is 2. The highest BCUT2D eigenvalue weighted by atomic mass is 32.1. The number of halogens is 2. The van der Waals surface area contributed by atoms with Gasteiger partial charge in [0.2, 0.25) is 0 Å². The minimum Gasteiger partial charge on any atom is -0.313 e. The van der Waals surface area contributed by atoms with E-state index in [-0.39, 0.29) is 6.04 Å². The first-order valence-corrected chi connectivity index (χ1v) is 7.15. The van der Waals surface area contributed by atoms with Gasteiger partial charge in [-0.1, -0.05) is 13.0 Å². The molecule has 1 heterocycles. The van der Waals surface area contributed by atoms with Crippen molar-refractivity contribution in [2.75, 3.05) is 7.05 Å². The minimum absolute atomic E-state index is 0.00143. The van der Waals surface area contributed by atoms with E-state index in [1.807, 2.05) is 7.05 Å². The summed E-state index contributed by atoms with van der Waals surface area (Å²) < 4.78 is 26.2. The van der Waals surface area contributed by atoms with E-state index in [0.29, 0.717) is 0 Å². The fourth-order valence-corrected chi connectivity index (χ4v) is 3.04. The Labute approximate surface area is 116 Å². The van der Waals surface area contributed by atoms with Gasteiger partial charge < -0.3 is 5.32 Å². The second-order valence-electron chi connectivity index (χ2n) is 4.44. The van der Waals surface area contributed by atoms with Crippen molar-refractivity contribution in [3.05, 3.63) is 57.3 Å². The van der Waals surface area contributed by atoms with Gasteiger partial charge in [0.05, 0.1) is 0 Å². The van der Waals surface area contributed by atoms with E-state index in [9.17, 15) is 8.78 Å². The molecule has 0 aliphatic carbocycles. The molecule has 1 atom stereocenters. The van der Waals surface area contributed by atoms with Crippen LogP contribution in [0.5, 0.6) is 0 Å². The number of hydrogen-bond donors (Lipinski definition) is 1. The first-order valence-electron chi connectivity index (χ1n) is 6.33. The monoisotopic (exact) mass is 281 g/mol. The van der Waals surface area contributed by atoms with E-state index < -0.39 is 11.6 Å². The van der Waals surface area contributed by atoms with E-state index in [2.05, 4.69) is 24.4 Å². The molecule has 0 spiro atoms. The van der Waals surface area contributed by atoms with Crippen molar-refractivity contribution in [3.63, 3.8) is 0 Å². The van der Waals surface area contributed by atoms with E-state index in [0.717, 1.165) is 18.4 Å². The Hall–Kier alpha value is -1.26. The lowest BCUT2D eigenvalue weighted by atomic mass is 10.0. The van der Waals surface area contributed by atoms with E-state index in [1.54, 1.807) is 17.4 Å². The van der Waals surface area contributed by atoms with Crippen molar-refractivity contribution in [1.29, 1.82) is 0 Å². The topological polar surface area (TPSA) is 12.0 Å². The highest BCUT2D eigenvalue weighted by Crippen LogP contribution is 2.25. The van der Waals surface area contributed by atoms with Gasteiger partial charge in [0, 0.05) is 22.2 Å². The third-order valence-electron chi connectivity index (χ3n) is 3.17. The normalized spacial score (nSPS) is 12.6. The fourth-order valence-electron chi connectivity index (χ4n) is 2.04. The summed E-state index contributed by atoms with van der Waals surface area (Å²) in [5.41, 5.74) is 0.771. The Kier molecular flexibility index (Phi) is 4.66. The van der Waals surface area contributed by atoms with Crippen molar-refractivity contribution >= 4 is 11.3 Å². The largest absolute Gasteiger partial charge is 0.313 e. The second-order valence-corrected chi connectivity index (χ2v) is 5.69. The third-order valence-corrected chi connectivity index (χ3v) is 4.42. The summed E-state index contributed by atoms with van der Waals surface area (Å²) in [6.07, 6.45) is 1.81. The molecule has 0 aliphatic heterocycles. The van der Waals surface area contributed by atoms with Crippen molar-refractivity contribution in [1.82, 2.24) is 5.32 Å². The predicted octanol–water partition coefficient (Wildman–Crippen LogP) is 4.09. The van der Waals surface area contributed by atoms with Crippen LogP contribution in [0.3, 0.4) is 0 Å². The standard InChI is InChI=1S/C15H17F2NS/c1-3-11-5-6-12(19-11)9-15(18-2)10-4-7-13(16)14(17)8-10/h4-8,15,18H,3,9H2,1-2H3. The van der Waals surface area contributed by atoms with Gasteiger partial charge in [-0.2, -0.15) is 0 Å². The Balaban J connectivity index is 2.17. The molecule has 1 unspecified atom stereocenters. The van der Waals surface area contributed by atoms with Gasteiger partial charge in [0.1, 0.15) is 0 Å². The summed E-state index contributed by atoms with van der Waals surface area (Å²) in [6, 6.07) is 8.31. The number of rotatable bonds is 5. The van der Waals surface area contributed by atoms with E-state index in [4.69, 9.17) is 0 Å². The van der Waals surface area contributed by atoms with Crippen LogP contribution >= 0.6 is 11.3 Å². The van der Waals surface area contributed by atoms with Gasteiger partial charge in [-0.05, 0) is 43.3 Å². The highest BCUT2D eigenvalue weighted by molar-refractivity contribution is 7.11. The maximum atomic E-state index is 13.3. The van der Waals surface area contributed by atoms with Crippen LogP contribution in [0.2, 0.25) is 0 Å². The molecule has 0 aliphatic rings. The highest BCUT2D eigenvalue weighted by Gasteiger charge is 2.13. The summed E-state index contributed by atoms with van der Waals surface area (Å²) in [6.45, 7) is 2.13. The molecule has 1 N–H and O–H groups in total. The summed E-state index contributed by atoms with van der Waals surface area (Å²) >= 11 is 1.77. The fraction of sp³-hybridized carbons (Fsp3) is 0.333.